The molecule has 2 N–H and O–H groups in total. The maximum atomic E-state index is 13.7. The number of carbonyl (C=O) groups excluding carboxylic acids is 1. The molecule has 0 spiro atoms. The molecule has 0 saturated heterocycles. The molecule has 282 valence electrons. The number of carbonyl (C=O) groups is 1. The monoisotopic (exact) mass is 750 g/mol. The van der Waals surface area contributed by atoms with Crippen LogP contribution >= 0.6 is 0 Å². The van der Waals surface area contributed by atoms with Gasteiger partial charge in [-0.05, 0) is 86.2 Å². The number of alkyl halides is 6. The van der Waals surface area contributed by atoms with Gasteiger partial charge in [-0.1, -0.05) is 38.1 Å². The molecule has 51 heavy (non-hydrogen) atoms. The predicted octanol–water partition coefficient (Wildman–Crippen LogP) is 7.30. The first-order chi connectivity index (χ1) is 23.4. The van der Waals surface area contributed by atoms with E-state index in [1.165, 1.54) is 49.6 Å². The summed E-state index contributed by atoms with van der Waals surface area (Å²) in [7, 11) is -2.74. The Kier molecular flexibility index (Phi) is 13.3. The largest absolute Gasteiger partial charge is 0.573 e. The van der Waals surface area contributed by atoms with E-state index in [0.717, 1.165) is 16.4 Å². The van der Waals surface area contributed by atoms with Crippen LogP contribution in [0.4, 0.5) is 31.1 Å². The number of alkyl carbamates (subject to hydrolysis) is 1. The number of nitrogens with one attached hydrogen (secondary N) is 1. The normalized spacial score (nSPS) is 13.9. The molecule has 0 bridgehead atoms. The quantitative estimate of drug-likeness (QED) is 0.165. The van der Waals surface area contributed by atoms with Crippen LogP contribution in [0.5, 0.6) is 17.2 Å². The molecule has 17 heteroatoms. The Morgan fingerprint density at radius 3 is 1.88 bits per heavy atom. The fourth-order valence-corrected chi connectivity index (χ4v) is 6.53. The fraction of sp³-hybridized carbons (Fsp3) is 0.441. The van der Waals surface area contributed by atoms with Gasteiger partial charge in [0.15, 0.2) is 0 Å². The highest BCUT2D eigenvalue weighted by Crippen LogP contribution is 2.35. The summed E-state index contributed by atoms with van der Waals surface area (Å²) >= 11 is 0. The second-order valence-electron chi connectivity index (χ2n) is 12.9. The first-order valence-corrected chi connectivity index (χ1v) is 17.0. The van der Waals surface area contributed by atoms with Crippen molar-refractivity contribution in [2.45, 2.75) is 76.4 Å². The predicted molar refractivity (Wildman–Crippen MR) is 175 cm³/mol. The molecule has 10 nitrogen and oxygen atoms in total. The van der Waals surface area contributed by atoms with Crippen LogP contribution in [0.1, 0.15) is 40.2 Å². The second kappa shape index (κ2) is 16.4. The number of nitrogens with zero attached hydrogens (tertiary/aromatic N) is 1. The number of sulfonamides is 1. The molecule has 0 radical (unpaired) electrons. The van der Waals surface area contributed by atoms with E-state index in [9.17, 15) is 44.7 Å². The van der Waals surface area contributed by atoms with Crippen molar-refractivity contribution in [2.75, 3.05) is 20.2 Å². The van der Waals surface area contributed by atoms with Gasteiger partial charge >= 0.3 is 18.8 Å². The van der Waals surface area contributed by atoms with Crippen LogP contribution in [-0.4, -0.2) is 74.6 Å². The van der Waals surface area contributed by atoms with Crippen molar-refractivity contribution >= 4 is 16.1 Å². The molecule has 0 aliphatic rings. The van der Waals surface area contributed by atoms with E-state index in [1.54, 1.807) is 40.7 Å². The minimum absolute atomic E-state index is 0.00126. The number of hydrogen-bond donors (Lipinski definition) is 2. The Balaban J connectivity index is 2.01. The van der Waals surface area contributed by atoms with Gasteiger partial charge in [0, 0.05) is 19.2 Å². The third-order valence-electron chi connectivity index (χ3n) is 6.89. The smallest absolute Gasteiger partial charge is 0.497 e. The molecule has 3 aromatic carbocycles. The van der Waals surface area contributed by atoms with E-state index < -0.39 is 64.6 Å². The van der Waals surface area contributed by atoms with Gasteiger partial charge in [0.2, 0.25) is 10.0 Å². The summed E-state index contributed by atoms with van der Waals surface area (Å²) in [6.07, 6.45) is -13.1. The van der Waals surface area contributed by atoms with Crippen molar-refractivity contribution in [1.29, 1.82) is 0 Å². The minimum Gasteiger partial charge on any atom is -0.497 e. The van der Waals surface area contributed by atoms with Crippen LogP contribution in [0.25, 0.3) is 11.1 Å². The lowest BCUT2D eigenvalue weighted by atomic mass is 9.97. The van der Waals surface area contributed by atoms with Crippen molar-refractivity contribution in [3.05, 3.63) is 72.3 Å². The Hall–Kier alpha value is -4.22. The van der Waals surface area contributed by atoms with E-state index >= 15 is 0 Å². The summed E-state index contributed by atoms with van der Waals surface area (Å²) in [5.74, 6) is -1.68. The van der Waals surface area contributed by atoms with Gasteiger partial charge in [0.05, 0.1) is 24.2 Å². The number of methoxy groups -OCH3 is 1. The summed E-state index contributed by atoms with van der Waals surface area (Å²) in [5.41, 5.74) is -0.577. The third-order valence-corrected chi connectivity index (χ3v) is 8.73. The Morgan fingerprint density at radius 1 is 0.824 bits per heavy atom. The van der Waals surface area contributed by atoms with Crippen molar-refractivity contribution in [3.8, 4) is 28.4 Å². The van der Waals surface area contributed by atoms with E-state index in [0.29, 0.717) is 17.4 Å². The molecule has 3 rings (SSSR count). The molecule has 0 aliphatic heterocycles. The lowest BCUT2D eigenvalue weighted by Gasteiger charge is -2.31. The molecule has 0 unspecified atom stereocenters. The average Bonchev–Trinajstić information content (AvgIpc) is 2.97. The summed E-state index contributed by atoms with van der Waals surface area (Å²) in [6, 6.07) is 12.5. The average molecular weight is 751 g/mol. The standard InChI is InChI=1S/C34H40F6N2O8S/c1-21(2)19-42(51(45,46)28-12-10-25(47-6)11-13-28)20-30(43)29(41-31(44)50-32(3,4)5)15-22-8-7-9-23(14-22)24-16-26(48-33(35,36)37)18-27(17-24)49-34(38,39)40/h7-14,16-18,21,29-30,43H,15,19-20H2,1-6H3,(H,41,44)/t29-,30+/m0/s1. The maximum Gasteiger partial charge on any atom is 0.573 e. The van der Waals surface area contributed by atoms with Crippen molar-refractivity contribution < 1.29 is 63.6 Å². The van der Waals surface area contributed by atoms with Gasteiger partial charge < -0.3 is 29.4 Å². The molecule has 1 amide bonds. The molecule has 0 saturated carbocycles. The number of hydrogen-bond acceptors (Lipinski definition) is 8. The lowest BCUT2D eigenvalue weighted by Crippen LogP contribution is -2.51. The molecule has 3 aromatic rings. The van der Waals surface area contributed by atoms with Crippen molar-refractivity contribution in [2.24, 2.45) is 5.92 Å². The van der Waals surface area contributed by atoms with Crippen LogP contribution in [-0.2, 0) is 21.2 Å². The van der Waals surface area contributed by atoms with Gasteiger partial charge in [0.25, 0.3) is 0 Å². The van der Waals surface area contributed by atoms with Crippen LogP contribution < -0.4 is 19.5 Å². The zero-order chi connectivity index (χ0) is 38.4. The van der Waals surface area contributed by atoms with Crippen molar-refractivity contribution in [3.63, 3.8) is 0 Å². The SMILES string of the molecule is COc1ccc(S(=O)(=O)N(CC(C)C)C[C@@H](O)[C@H](Cc2cccc(-c3cc(OC(F)(F)F)cc(OC(F)(F)F)c3)c2)NC(=O)OC(C)(C)C)cc1. The molecule has 2 atom stereocenters. The first kappa shape index (κ1) is 41.2. The Morgan fingerprint density at radius 2 is 1.39 bits per heavy atom. The highest BCUT2D eigenvalue weighted by molar-refractivity contribution is 7.89. The van der Waals surface area contributed by atoms with Crippen LogP contribution in [0.3, 0.4) is 0 Å². The van der Waals surface area contributed by atoms with Crippen molar-refractivity contribution in [1.82, 2.24) is 9.62 Å². The number of aliphatic hydroxyl groups is 1. The summed E-state index contributed by atoms with van der Waals surface area (Å²) < 4.78 is 125. The number of benzene rings is 3. The molecule has 0 aliphatic carbocycles. The zero-order valence-electron chi connectivity index (χ0n) is 28.6. The van der Waals surface area contributed by atoms with E-state index in [1.807, 2.05) is 0 Å². The zero-order valence-corrected chi connectivity index (χ0v) is 29.4. The summed E-state index contributed by atoms with van der Waals surface area (Å²) in [5, 5.41) is 14.1. The highest BCUT2D eigenvalue weighted by Gasteiger charge is 2.35. The molecular formula is C34H40F6N2O8S. The van der Waals surface area contributed by atoms with Crippen LogP contribution in [0.2, 0.25) is 0 Å². The topological polar surface area (TPSA) is 124 Å². The summed E-state index contributed by atoms with van der Waals surface area (Å²) in [4.78, 5) is 12.8. The molecule has 0 aromatic heterocycles. The van der Waals surface area contributed by atoms with Gasteiger partial charge in [-0.25, -0.2) is 13.2 Å². The third kappa shape index (κ3) is 13.4. The fourth-order valence-electron chi connectivity index (χ4n) is 4.91. The number of rotatable bonds is 14. The number of ether oxygens (including phenoxy) is 4. The number of amides is 1. The number of halogens is 6. The van der Waals surface area contributed by atoms with E-state index in [-0.39, 0.29) is 34.9 Å². The highest BCUT2D eigenvalue weighted by atomic mass is 32.2. The molecule has 0 fully saturated rings. The first-order valence-electron chi connectivity index (χ1n) is 15.5. The van der Waals surface area contributed by atoms with E-state index in [4.69, 9.17) is 9.47 Å². The molecular weight excluding hydrogens is 710 g/mol. The number of aliphatic hydroxyl groups excluding tert-OH is 1. The van der Waals surface area contributed by atoms with Crippen LogP contribution in [0, 0.1) is 5.92 Å². The lowest BCUT2D eigenvalue weighted by molar-refractivity contribution is -0.276. The Bertz CT molecular complexity index is 1690. The van der Waals surface area contributed by atoms with Crippen LogP contribution in [0.15, 0.2) is 71.6 Å². The van der Waals surface area contributed by atoms with Gasteiger partial charge in [0.1, 0.15) is 22.8 Å². The maximum absolute atomic E-state index is 13.7. The van der Waals surface area contributed by atoms with Gasteiger partial charge in [-0.15, -0.1) is 26.3 Å². The molecule has 0 heterocycles. The van der Waals surface area contributed by atoms with E-state index in [2.05, 4.69) is 14.8 Å². The Labute approximate surface area is 292 Å². The van der Waals surface area contributed by atoms with Gasteiger partial charge in [-0.3, -0.25) is 0 Å². The summed E-state index contributed by atoms with van der Waals surface area (Å²) in [6.45, 7) is 7.93. The second-order valence-corrected chi connectivity index (χ2v) is 14.8. The van der Waals surface area contributed by atoms with Gasteiger partial charge in [-0.2, -0.15) is 4.31 Å². The minimum atomic E-state index is -5.21.